The molecule has 0 aromatic rings. The Labute approximate surface area is 239 Å². The summed E-state index contributed by atoms with van der Waals surface area (Å²) in [5.74, 6) is 0. The first kappa shape index (κ1) is 37.7. The minimum Gasteiger partial charge on any atom is -0.420 e. The highest BCUT2D eigenvalue weighted by molar-refractivity contribution is 6.78. The van der Waals surface area contributed by atoms with Gasteiger partial charge in [0.1, 0.15) is 0 Å². The van der Waals surface area contributed by atoms with Crippen LogP contribution in [-0.2, 0) is 13.3 Å². The maximum Gasteiger partial charge on any atom is 0.210 e. The summed E-state index contributed by atoms with van der Waals surface area (Å²) >= 11 is 0. The molecule has 0 heterocycles. The summed E-state index contributed by atoms with van der Waals surface area (Å²) in [4.78, 5) is 0. The molecule has 0 saturated carbocycles. The normalized spacial score (nSPS) is 14.8. The van der Waals surface area contributed by atoms with E-state index < -0.39 is 33.0 Å². The van der Waals surface area contributed by atoms with Gasteiger partial charge in [-0.3, -0.25) is 0 Å². The van der Waals surface area contributed by atoms with Crippen LogP contribution >= 0.6 is 0 Å². The molecular weight excluding hydrogens is 521 g/mol. The van der Waals surface area contributed by atoms with Gasteiger partial charge in [0.15, 0.2) is 16.6 Å². The van der Waals surface area contributed by atoms with E-state index in [-0.39, 0.29) is 0 Å². The quantitative estimate of drug-likeness (QED) is 0.0740. The Morgan fingerprint density at radius 2 is 0.865 bits per heavy atom. The van der Waals surface area contributed by atoms with Gasteiger partial charge in [-0.1, -0.05) is 123 Å². The van der Waals surface area contributed by atoms with Gasteiger partial charge in [0.2, 0.25) is 8.32 Å². The average molecular weight is 591 g/mol. The summed E-state index contributed by atoms with van der Waals surface area (Å²) in [7, 11) is -6.17. The largest absolute Gasteiger partial charge is 0.420 e. The van der Waals surface area contributed by atoms with E-state index in [0.29, 0.717) is 0 Å². The second kappa shape index (κ2) is 20.6. The first-order valence-electron chi connectivity index (χ1n) is 16.1. The second-order valence-corrected chi connectivity index (χ2v) is 33.0. The van der Waals surface area contributed by atoms with Crippen LogP contribution in [-0.4, -0.2) is 52.1 Å². The molecule has 0 fully saturated rings. The zero-order valence-electron chi connectivity index (χ0n) is 27.4. The Morgan fingerprint density at radius 3 is 1.27 bits per heavy atom. The van der Waals surface area contributed by atoms with Crippen molar-refractivity contribution >= 4 is 33.0 Å². The molecule has 0 aromatic heterocycles. The fraction of sp³-hybridized carbons (Fsp3) is 1.00. The second-order valence-electron chi connectivity index (χ2n) is 14.8. The molecule has 0 amide bonds. The van der Waals surface area contributed by atoms with Crippen LogP contribution in [0.1, 0.15) is 103 Å². The molecule has 0 aliphatic carbocycles. The van der Waals surface area contributed by atoms with Gasteiger partial charge in [0.25, 0.3) is 0 Å². The third kappa shape index (κ3) is 26.7. The zero-order chi connectivity index (χ0) is 28.3. The van der Waals surface area contributed by atoms with Crippen molar-refractivity contribution in [1.82, 2.24) is 0 Å². The highest BCUT2D eigenvalue weighted by atomic mass is 28.4. The molecule has 0 radical (unpaired) electrons. The molecule has 0 aliphatic heterocycles. The molecule has 224 valence electrons. The lowest BCUT2D eigenvalue weighted by Crippen LogP contribution is -2.45. The molecule has 0 N–H and O–H groups in total. The molecular formula is C30H70O3Si4. The van der Waals surface area contributed by atoms with Crippen LogP contribution in [0.3, 0.4) is 0 Å². The van der Waals surface area contributed by atoms with E-state index in [2.05, 4.69) is 65.8 Å². The van der Waals surface area contributed by atoms with Crippen molar-refractivity contribution in [2.75, 3.05) is 19.1 Å². The molecule has 3 nitrogen and oxygen atoms in total. The fourth-order valence-electron chi connectivity index (χ4n) is 4.51. The number of unbranched alkanes of at least 4 members (excludes halogenated alkanes) is 14. The van der Waals surface area contributed by atoms with E-state index in [0.717, 1.165) is 25.1 Å². The lowest BCUT2D eigenvalue weighted by atomic mass is 10.0. The molecule has 37 heavy (non-hydrogen) atoms. The van der Waals surface area contributed by atoms with Crippen LogP contribution in [0, 0.1) is 0 Å². The molecule has 0 aromatic carbocycles. The molecule has 1 unspecified atom stereocenters. The Balaban J connectivity index is 4.13. The van der Waals surface area contributed by atoms with Crippen molar-refractivity contribution in [1.29, 1.82) is 0 Å². The van der Waals surface area contributed by atoms with Crippen molar-refractivity contribution in [3.05, 3.63) is 0 Å². The Morgan fingerprint density at radius 1 is 0.432 bits per heavy atom. The van der Waals surface area contributed by atoms with Gasteiger partial charge in [-0.2, -0.15) is 0 Å². The summed E-state index contributed by atoms with van der Waals surface area (Å²) in [5.41, 5.74) is 0. The van der Waals surface area contributed by atoms with Crippen LogP contribution in [0.2, 0.25) is 71.0 Å². The first-order chi connectivity index (χ1) is 17.2. The number of rotatable bonds is 26. The topological polar surface area (TPSA) is 27.7 Å². The minimum atomic E-state index is -1.76. The van der Waals surface area contributed by atoms with Gasteiger partial charge < -0.3 is 13.3 Å². The first-order valence-corrected chi connectivity index (χ1v) is 29.2. The number of hydrogen-bond donors (Lipinski definition) is 0. The predicted octanol–water partition coefficient (Wildman–Crippen LogP) is 10.9. The van der Waals surface area contributed by atoms with Crippen molar-refractivity contribution in [2.24, 2.45) is 0 Å². The summed E-state index contributed by atoms with van der Waals surface area (Å²) in [6.45, 7) is 24.3. The molecule has 0 spiro atoms. The van der Waals surface area contributed by atoms with Gasteiger partial charge in [0, 0.05) is 12.8 Å². The standard InChI is InChI=1S/C30H70O3Si4/c1-11-12-13-14-15-16-17-18-19-20-21-22-23-24-25-27-37(10,33-29-34(2,3)4)28-26-31-36(8,9)30-32-35(5,6)7/h11-30H2,1-10H3. The van der Waals surface area contributed by atoms with Crippen molar-refractivity contribution in [3.63, 3.8) is 0 Å². The molecule has 7 heteroatoms. The van der Waals surface area contributed by atoms with Gasteiger partial charge in [0.05, 0.1) is 14.3 Å². The van der Waals surface area contributed by atoms with Crippen LogP contribution < -0.4 is 0 Å². The highest BCUT2D eigenvalue weighted by Gasteiger charge is 2.33. The minimum absolute atomic E-state index is 0.829. The third-order valence-corrected chi connectivity index (χ3v) is 15.1. The highest BCUT2D eigenvalue weighted by Crippen LogP contribution is 2.24. The lowest BCUT2D eigenvalue weighted by molar-refractivity contribution is 0.272. The summed E-state index contributed by atoms with van der Waals surface area (Å²) in [6, 6.07) is 2.44. The van der Waals surface area contributed by atoms with Crippen LogP contribution in [0.25, 0.3) is 0 Å². The molecule has 0 aliphatic rings. The van der Waals surface area contributed by atoms with Gasteiger partial charge in [-0.25, -0.2) is 0 Å². The van der Waals surface area contributed by atoms with Gasteiger partial charge in [-0.15, -0.1) is 0 Å². The van der Waals surface area contributed by atoms with E-state index in [1.54, 1.807) is 0 Å². The maximum absolute atomic E-state index is 6.75. The lowest BCUT2D eigenvalue weighted by Gasteiger charge is -2.33. The van der Waals surface area contributed by atoms with Crippen LogP contribution in [0.4, 0.5) is 0 Å². The third-order valence-electron chi connectivity index (χ3n) is 7.14. The van der Waals surface area contributed by atoms with E-state index >= 15 is 0 Å². The van der Waals surface area contributed by atoms with E-state index in [9.17, 15) is 0 Å². The predicted molar refractivity (Wildman–Crippen MR) is 178 cm³/mol. The fourth-order valence-corrected chi connectivity index (χ4v) is 13.8. The van der Waals surface area contributed by atoms with E-state index in [4.69, 9.17) is 13.3 Å². The van der Waals surface area contributed by atoms with Gasteiger partial charge >= 0.3 is 0 Å². The Bertz CT molecular complexity index is 532. The zero-order valence-corrected chi connectivity index (χ0v) is 31.4. The van der Waals surface area contributed by atoms with E-state index in [1.165, 1.54) is 102 Å². The van der Waals surface area contributed by atoms with Gasteiger partial charge in [-0.05, 0) is 51.4 Å². The average Bonchev–Trinajstić information content (AvgIpc) is 2.78. The van der Waals surface area contributed by atoms with E-state index in [1.807, 2.05) is 0 Å². The smallest absolute Gasteiger partial charge is 0.210 e. The van der Waals surface area contributed by atoms with Crippen LogP contribution in [0.15, 0.2) is 0 Å². The number of hydrogen-bond acceptors (Lipinski definition) is 3. The summed E-state index contributed by atoms with van der Waals surface area (Å²) in [5, 5.41) is 0. The molecule has 0 rings (SSSR count). The van der Waals surface area contributed by atoms with Crippen LogP contribution in [0.5, 0.6) is 0 Å². The Hall–Kier alpha value is 0.748. The molecule has 1 atom stereocenters. The Kier molecular flexibility index (Phi) is 21.0. The van der Waals surface area contributed by atoms with Crippen molar-refractivity contribution in [2.45, 2.75) is 174 Å². The molecule has 0 bridgehead atoms. The van der Waals surface area contributed by atoms with Crippen molar-refractivity contribution in [3.8, 4) is 0 Å². The maximum atomic E-state index is 6.75. The molecule has 0 saturated heterocycles. The van der Waals surface area contributed by atoms with Crippen molar-refractivity contribution < 1.29 is 13.3 Å². The summed E-state index contributed by atoms with van der Waals surface area (Å²) in [6.07, 6.45) is 23.2. The summed E-state index contributed by atoms with van der Waals surface area (Å²) < 4.78 is 19.4. The SMILES string of the molecule is CCCCCCCCCCCCCCCCC[Si](C)(CCO[Si](C)(C)CO[Si](C)(C)C)OC[Si](C)(C)C. The monoisotopic (exact) mass is 590 g/mol.